The van der Waals surface area contributed by atoms with Crippen LogP contribution < -0.4 is 5.32 Å². The summed E-state index contributed by atoms with van der Waals surface area (Å²) in [7, 11) is 0. The predicted octanol–water partition coefficient (Wildman–Crippen LogP) is 3.63. The van der Waals surface area contributed by atoms with E-state index in [1.54, 1.807) is 6.07 Å². The van der Waals surface area contributed by atoms with Crippen LogP contribution in [-0.4, -0.2) is 17.3 Å². The molecule has 1 saturated carbocycles. The number of halogens is 1. The number of nitrogens with one attached hydrogen (secondary N) is 1. The Labute approximate surface area is 116 Å². The van der Waals surface area contributed by atoms with Crippen molar-refractivity contribution in [3.63, 3.8) is 0 Å². The number of hydrogen-bond donors (Lipinski definition) is 1. The summed E-state index contributed by atoms with van der Waals surface area (Å²) in [5, 5.41) is 3.95. The molecular weight excluding hydrogens is 262 g/mol. The monoisotopic (exact) mass is 277 g/mol. The van der Waals surface area contributed by atoms with Gasteiger partial charge in [-0.25, -0.2) is 0 Å². The molecule has 0 saturated heterocycles. The van der Waals surface area contributed by atoms with E-state index in [0.29, 0.717) is 5.76 Å². The van der Waals surface area contributed by atoms with Gasteiger partial charge in [0.05, 0.1) is 5.38 Å². The van der Waals surface area contributed by atoms with Crippen LogP contribution in [0.4, 0.5) is 0 Å². The van der Waals surface area contributed by atoms with Crippen LogP contribution in [0, 0.1) is 6.92 Å². The van der Waals surface area contributed by atoms with Gasteiger partial charge in [-0.15, -0.1) is 11.6 Å². The number of fused-ring (bicyclic) bond motifs is 1. The SMILES string of the molecule is Cc1ccc2oc(C(=O)NC3CCCC3Cl)cc2c1. The van der Waals surface area contributed by atoms with E-state index < -0.39 is 0 Å². The molecule has 1 N–H and O–H groups in total. The quantitative estimate of drug-likeness (QED) is 0.852. The van der Waals surface area contributed by atoms with Crippen molar-refractivity contribution < 1.29 is 9.21 Å². The number of rotatable bonds is 2. The molecule has 100 valence electrons. The molecule has 1 aromatic carbocycles. The lowest BCUT2D eigenvalue weighted by Crippen LogP contribution is -2.37. The van der Waals surface area contributed by atoms with Gasteiger partial charge >= 0.3 is 0 Å². The zero-order valence-corrected chi connectivity index (χ0v) is 11.5. The van der Waals surface area contributed by atoms with Crippen LogP contribution in [0.15, 0.2) is 28.7 Å². The fraction of sp³-hybridized carbons (Fsp3) is 0.400. The van der Waals surface area contributed by atoms with Crippen LogP contribution in [0.2, 0.25) is 0 Å². The van der Waals surface area contributed by atoms with E-state index in [1.165, 1.54) is 0 Å². The molecule has 1 aromatic heterocycles. The Morgan fingerprint density at radius 3 is 2.95 bits per heavy atom. The summed E-state index contributed by atoms with van der Waals surface area (Å²) in [5.74, 6) is 0.183. The highest BCUT2D eigenvalue weighted by Crippen LogP contribution is 2.25. The van der Waals surface area contributed by atoms with Crippen molar-refractivity contribution >= 4 is 28.5 Å². The van der Waals surface area contributed by atoms with Crippen molar-refractivity contribution in [3.05, 3.63) is 35.6 Å². The van der Waals surface area contributed by atoms with Gasteiger partial charge in [-0.05, 0) is 44.4 Å². The summed E-state index contributed by atoms with van der Waals surface area (Å²) in [6.07, 6.45) is 2.98. The first-order valence-electron chi connectivity index (χ1n) is 6.58. The maximum Gasteiger partial charge on any atom is 0.287 e. The van der Waals surface area contributed by atoms with Gasteiger partial charge in [-0.3, -0.25) is 4.79 Å². The van der Waals surface area contributed by atoms with Crippen LogP contribution in [0.1, 0.15) is 35.4 Å². The van der Waals surface area contributed by atoms with Gasteiger partial charge in [0.25, 0.3) is 5.91 Å². The van der Waals surface area contributed by atoms with Gasteiger partial charge in [0.2, 0.25) is 0 Å². The molecule has 1 amide bonds. The molecule has 4 heteroatoms. The number of furan rings is 1. The lowest BCUT2D eigenvalue weighted by Gasteiger charge is -2.14. The van der Waals surface area contributed by atoms with Crippen molar-refractivity contribution in [1.82, 2.24) is 5.32 Å². The first kappa shape index (κ1) is 12.5. The van der Waals surface area contributed by atoms with Crippen molar-refractivity contribution in [3.8, 4) is 0 Å². The van der Waals surface area contributed by atoms with Crippen LogP contribution >= 0.6 is 11.6 Å². The number of amides is 1. The van der Waals surface area contributed by atoms with Crippen molar-refractivity contribution in [2.45, 2.75) is 37.6 Å². The van der Waals surface area contributed by atoms with E-state index in [0.717, 1.165) is 35.8 Å². The smallest absolute Gasteiger partial charge is 0.287 e. The zero-order valence-electron chi connectivity index (χ0n) is 10.8. The fourth-order valence-electron chi connectivity index (χ4n) is 2.59. The maximum absolute atomic E-state index is 12.1. The predicted molar refractivity (Wildman–Crippen MR) is 75.7 cm³/mol. The second-order valence-corrected chi connectivity index (χ2v) is 5.74. The van der Waals surface area contributed by atoms with Crippen LogP contribution in [0.5, 0.6) is 0 Å². The molecular formula is C15H16ClNO2. The van der Waals surface area contributed by atoms with Gasteiger partial charge in [0.1, 0.15) is 5.58 Å². The van der Waals surface area contributed by atoms with Gasteiger partial charge < -0.3 is 9.73 Å². The largest absolute Gasteiger partial charge is 0.451 e. The van der Waals surface area contributed by atoms with Gasteiger partial charge in [-0.2, -0.15) is 0 Å². The lowest BCUT2D eigenvalue weighted by atomic mass is 10.2. The van der Waals surface area contributed by atoms with Crippen LogP contribution in [0.25, 0.3) is 11.0 Å². The minimum Gasteiger partial charge on any atom is -0.451 e. The molecule has 0 spiro atoms. The van der Waals surface area contributed by atoms with Gasteiger partial charge in [0.15, 0.2) is 5.76 Å². The summed E-state index contributed by atoms with van der Waals surface area (Å²) in [6, 6.07) is 7.72. The van der Waals surface area contributed by atoms with Gasteiger partial charge in [0, 0.05) is 11.4 Å². The summed E-state index contributed by atoms with van der Waals surface area (Å²) in [4.78, 5) is 12.1. The minimum absolute atomic E-state index is 0.0376. The third-order valence-electron chi connectivity index (χ3n) is 3.64. The van der Waals surface area contributed by atoms with E-state index in [1.807, 2.05) is 25.1 Å². The van der Waals surface area contributed by atoms with Crippen molar-refractivity contribution in [1.29, 1.82) is 0 Å². The Hall–Kier alpha value is -1.48. The average molecular weight is 278 g/mol. The number of aryl methyl sites for hydroxylation is 1. The van der Waals surface area contributed by atoms with E-state index in [9.17, 15) is 4.79 Å². The van der Waals surface area contributed by atoms with Crippen molar-refractivity contribution in [2.75, 3.05) is 0 Å². The number of carbonyl (C=O) groups is 1. The summed E-state index contributed by atoms with van der Waals surface area (Å²) in [6.45, 7) is 2.02. The first-order valence-corrected chi connectivity index (χ1v) is 7.02. The molecule has 19 heavy (non-hydrogen) atoms. The molecule has 1 fully saturated rings. The summed E-state index contributed by atoms with van der Waals surface area (Å²) < 4.78 is 5.58. The molecule has 2 aromatic rings. The molecule has 2 unspecified atom stereocenters. The van der Waals surface area contributed by atoms with E-state index in [4.69, 9.17) is 16.0 Å². The molecule has 1 aliphatic carbocycles. The van der Waals surface area contributed by atoms with E-state index in [-0.39, 0.29) is 17.3 Å². The highest BCUT2D eigenvalue weighted by Gasteiger charge is 2.27. The van der Waals surface area contributed by atoms with Gasteiger partial charge in [-0.1, -0.05) is 11.6 Å². The topological polar surface area (TPSA) is 42.2 Å². The fourth-order valence-corrected chi connectivity index (χ4v) is 2.93. The number of carbonyl (C=O) groups excluding carboxylic acids is 1. The lowest BCUT2D eigenvalue weighted by molar-refractivity contribution is 0.0912. The maximum atomic E-state index is 12.1. The second-order valence-electron chi connectivity index (χ2n) is 5.18. The van der Waals surface area contributed by atoms with Crippen LogP contribution in [0.3, 0.4) is 0 Å². The highest BCUT2D eigenvalue weighted by molar-refractivity contribution is 6.21. The van der Waals surface area contributed by atoms with Crippen molar-refractivity contribution in [2.24, 2.45) is 0 Å². The Balaban J connectivity index is 1.81. The molecule has 0 aliphatic heterocycles. The normalized spacial score (nSPS) is 22.8. The molecule has 2 atom stereocenters. The molecule has 0 radical (unpaired) electrons. The Morgan fingerprint density at radius 2 is 2.21 bits per heavy atom. The average Bonchev–Trinajstić information content (AvgIpc) is 2.96. The Morgan fingerprint density at radius 1 is 1.37 bits per heavy atom. The molecule has 0 bridgehead atoms. The number of benzene rings is 1. The van der Waals surface area contributed by atoms with E-state index in [2.05, 4.69) is 5.32 Å². The molecule has 3 rings (SSSR count). The molecule has 1 aliphatic rings. The molecule has 3 nitrogen and oxygen atoms in total. The Kier molecular flexibility index (Phi) is 3.23. The standard InChI is InChI=1S/C15H16ClNO2/c1-9-5-6-13-10(7-9)8-14(19-13)15(18)17-12-4-2-3-11(12)16/h5-8,11-12H,2-4H2,1H3,(H,17,18). The zero-order chi connectivity index (χ0) is 13.4. The van der Waals surface area contributed by atoms with E-state index >= 15 is 0 Å². The minimum atomic E-state index is -0.175. The number of alkyl halides is 1. The number of hydrogen-bond acceptors (Lipinski definition) is 2. The summed E-state index contributed by atoms with van der Waals surface area (Å²) in [5.41, 5.74) is 1.89. The summed E-state index contributed by atoms with van der Waals surface area (Å²) >= 11 is 6.16. The highest BCUT2D eigenvalue weighted by atomic mass is 35.5. The van der Waals surface area contributed by atoms with Crippen LogP contribution in [-0.2, 0) is 0 Å². The third kappa shape index (κ3) is 2.47. The third-order valence-corrected chi connectivity index (χ3v) is 4.17. The Bertz CT molecular complexity index is 620. The first-order chi connectivity index (χ1) is 9.13. The second kappa shape index (κ2) is 4.89. The molecule has 1 heterocycles.